The first kappa shape index (κ1) is 15.8. The molecule has 3 nitrogen and oxygen atoms in total. The molecule has 1 amide bonds. The van der Waals surface area contributed by atoms with Crippen LogP contribution < -0.4 is 5.32 Å². The molecule has 1 N–H and O–H groups in total. The number of carbonyl (C=O) groups excluding carboxylic acids is 1. The number of carbonyl (C=O) groups is 1. The zero-order valence-electron chi connectivity index (χ0n) is 13.9. The Morgan fingerprint density at radius 1 is 1.35 bits per heavy atom. The standard InChI is InChI=1S/C17H32N2O/c1-6-17(5)16(20)19(15(18-17)12(2)3)11-14-10-8-7-9-13(14)4/h12-15,18H,6-11H2,1-5H3. The van der Waals surface area contributed by atoms with Crippen LogP contribution in [0, 0.1) is 17.8 Å². The number of nitrogens with one attached hydrogen (secondary N) is 1. The second-order valence-electron chi connectivity index (χ2n) is 7.50. The van der Waals surface area contributed by atoms with Crippen molar-refractivity contribution >= 4 is 5.91 Å². The summed E-state index contributed by atoms with van der Waals surface area (Å²) >= 11 is 0. The third-order valence-corrected chi connectivity index (χ3v) is 5.59. The van der Waals surface area contributed by atoms with Crippen molar-refractivity contribution in [2.75, 3.05) is 6.54 Å². The number of nitrogens with zero attached hydrogens (tertiary/aromatic N) is 1. The average Bonchev–Trinajstić information content (AvgIpc) is 2.67. The number of amides is 1. The van der Waals surface area contributed by atoms with Crippen LogP contribution in [0.4, 0.5) is 0 Å². The normalized spacial score (nSPS) is 38.8. The van der Waals surface area contributed by atoms with E-state index in [1.807, 2.05) is 0 Å². The van der Waals surface area contributed by atoms with Crippen LogP contribution in [-0.2, 0) is 4.79 Å². The van der Waals surface area contributed by atoms with Crippen LogP contribution in [0.25, 0.3) is 0 Å². The van der Waals surface area contributed by atoms with Crippen molar-refractivity contribution in [2.24, 2.45) is 17.8 Å². The highest BCUT2D eigenvalue weighted by Crippen LogP contribution is 2.34. The molecule has 2 rings (SSSR count). The zero-order valence-corrected chi connectivity index (χ0v) is 13.9. The highest BCUT2D eigenvalue weighted by atomic mass is 16.2. The van der Waals surface area contributed by atoms with E-state index in [-0.39, 0.29) is 11.7 Å². The van der Waals surface area contributed by atoms with Gasteiger partial charge in [0, 0.05) is 6.54 Å². The van der Waals surface area contributed by atoms with Gasteiger partial charge >= 0.3 is 0 Å². The van der Waals surface area contributed by atoms with Crippen LogP contribution in [0.1, 0.15) is 66.7 Å². The molecule has 1 aliphatic heterocycles. The Kier molecular flexibility index (Phi) is 4.78. The van der Waals surface area contributed by atoms with Gasteiger partial charge in [0.2, 0.25) is 5.91 Å². The van der Waals surface area contributed by atoms with E-state index < -0.39 is 0 Å². The molecular formula is C17H32N2O. The maximum atomic E-state index is 12.8. The van der Waals surface area contributed by atoms with Gasteiger partial charge in [-0.05, 0) is 37.5 Å². The summed E-state index contributed by atoms with van der Waals surface area (Å²) in [6.07, 6.45) is 6.40. The van der Waals surface area contributed by atoms with Crippen LogP contribution in [0.2, 0.25) is 0 Å². The molecule has 0 aromatic rings. The van der Waals surface area contributed by atoms with Gasteiger partial charge in [-0.15, -0.1) is 0 Å². The lowest BCUT2D eigenvalue weighted by atomic mass is 9.80. The maximum absolute atomic E-state index is 12.8. The third kappa shape index (κ3) is 2.88. The van der Waals surface area contributed by atoms with Crippen molar-refractivity contribution in [3.05, 3.63) is 0 Å². The quantitative estimate of drug-likeness (QED) is 0.856. The molecular weight excluding hydrogens is 248 g/mol. The lowest BCUT2D eigenvalue weighted by molar-refractivity contribution is -0.134. The lowest BCUT2D eigenvalue weighted by Crippen LogP contribution is -2.45. The summed E-state index contributed by atoms with van der Waals surface area (Å²) in [5.41, 5.74) is -0.354. The summed E-state index contributed by atoms with van der Waals surface area (Å²) in [5.74, 6) is 2.23. The van der Waals surface area contributed by atoms with E-state index in [1.165, 1.54) is 25.7 Å². The van der Waals surface area contributed by atoms with Crippen molar-refractivity contribution < 1.29 is 4.79 Å². The average molecular weight is 280 g/mol. The summed E-state index contributed by atoms with van der Waals surface area (Å²) in [7, 11) is 0. The highest BCUT2D eigenvalue weighted by Gasteiger charge is 2.48. The fraction of sp³-hybridized carbons (Fsp3) is 0.941. The highest BCUT2D eigenvalue weighted by molar-refractivity contribution is 5.88. The predicted molar refractivity (Wildman–Crippen MR) is 83.3 cm³/mol. The fourth-order valence-corrected chi connectivity index (χ4v) is 3.80. The molecule has 4 unspecified atom stereocenters. The van der Waals surface area contributed by atoms with Crippen molar-refractivity contribution in [3.8, 4) is 0 Å². The van der Waals surface area contributed by atoms with Crippen LogP contribution in [-0.4, -0.2) is 29.1 Å². The van der Waals surface area contributed by atoms with E-state index in [0.717, 1.165) is 18.9 Å². The minimum atomic E-state index is -0.354. The van der Waals surface area contributed by atoms with Crippen LogP contribution in [0.15, 0.2) is 0 Å². The molecule has 1 saturated carbocycles. The van der Waals surface area contributed by atoms with Crippen LogP contribution in [0.3, 0.4) is 0 Å². The van der Waals surface area contributed by atoms with Gasteiger partial charge < -0.3 is 4.90 Å². The molecule has 0 aromatic carbocycles. The maximum Gasteiger partial charge on any atom is 0.243 e. The smallest absolute Gasteiger partial charge is 0.243 e. The number of hydrogen-bond donors (Lipinski definition) is 1. The van der Waals surface area contributed by atoms with Crippen molar-refractivity contribution in [3.63, 3.8) is 0 Å². The van der Waals surface area contributed by atoms with Gasteiger partial charge in [0.25, 0.3) is 0 Å². The zero-order chi connectivity index (χ0) is 14.9. The molecule has 0 bridgehead atoms. The minimum absolute atomic E-state index is 0.210. The molecule has 1 aliphatic carbocycles. The van der Waals surface area contributed by atoms with E-state index in [2.05, 4.69) is 44.8 Å². The van der Waals surface area contributed by atoms with Gasteiger partial charge in [-0.2, -0.15) is 0 Å². The van der Waals surface area contributed by atoms with E-state index in [4.69, 9.17) is 0 Å². The lowest BCUT2D eigenvalue weighted by Gasteiger charge is -2.35. The number of hydrogen-bond acceptors (Lipinski definition) is 2. The first-order chi connectivity index (χ1) is 9.39. The summed E-state index contributed by atoms with van der Waals surface area (Å²) in [6, 6.07) is 0. The Balaban J connectivity index is 2.12. The first-order valence-electron chi connectivity index (χ1n) is 8.47. The minimum Gasteiger partial charge on any atom is -0.325 e. The monoisotopic (exact) mass is 280 g/mol. The third-order valence-electron chi connectivity index (χ3n) is 5.59. The second kappa shape index (κ2) is 6.05. The Morgan fingerprint density at radius 2 is 2.00 bits per heavy atom. The van der Waals surface area contributed by atoms with Gasteiger partial charge in [-0.25, -0.2) is 0 Å². The van der Waals surface area contributed by atoms with Gasteiger partial charge in [-0.1, -0.05) is 47.0 Å². The Labute approximate surface area is 124 Å². The summed E-state index contributed by atoms with van der Waals surface area (Å²) in [4.78, 5) is 15.0. The second-order valence-corrected chi connectivity index (χ2v) is 7.50. The SMILES string of the molecule is CCC1(C)NC(C(C)C)N(CC2CCCCC2C)C1=O. The molecule has 0 radical (unpaired) electrons. The van der Waals surface area contributed by atoms with E-state index in [9.17, 15) is 4.79 Å². The van der Waals surface area contributed by atoms with Gasteiger partial charge in [0.1, 0.15) is 0 Å². The Morgan fingerprint density at radius 3 is 2.55 bits per heavy atom. The predicted octanol–water partition coefficient (Wildman–Crippen LogP) is 3.40. The summed E-state index contributed by atoms with van der Waals surface area (Å²) < 4.78 is 0. The topological polar surface area (TPSA) is 32.3 Å². The largest absolute Gasteiger partial charge is 0.325 e. The molecule has 116 valence electrons. The molecule has 4 atom stereocenters. The number of rotatable bonds is 4. The fourth-order valence-electron chi connectivity index (χ4n) is 3.80. The van der Waals surface area contributed by atoms with Gasteiger partial charge in [0.05, 0.1) is 11.7 Å². The van der Waals surface area contributed by atoms with E-state index in [1.54, 1.807) is 0 Å². The van der Waals surface area contributed by atoms with E-state index >= 15 is 0 Å². The van der Waals surface area contributed by atoms with Crippen LogP contribution in [0.5, 0.6) is 0 Å². The van der Waals surface area contributed by atoms with Crippen LogP contribution >= 0.6 is 0 Å². The first-order valence-corrected chi connectivity index (χ1v) is 8.47. The van der Waals surface area contributed by atoms with Gasteiger partial charge in [0.15, 0.2) is 0 Å². The molecule has 0 aromatic heterocycles. The molecule has 2 aliphatic rings. The molecule has 20 heavy (non-hydrogen) atoms. The molecule has 0 spiro atoms. The van der Waals surface area contributed by atoms with Crippen molar-refractivity contribution in [1.82, 2.24) is 10.2 Å². The van der Waals surface area contributed by atoms with Gasteiger partial charge in [-0.3, -0.25) is 10.1 Å². The summed E-state index contributed by atoms with van der Waals surface area (Å²) in [5, 5.41) is 3.60. The van der Waals surface area contributed by atoms with Crippen molar-refractivity contribution in [2.45, 2.75) is 78.4 Å². The summed E-state index contributed by atoms with van der Waals surface area (Å²) in [6.45, 7) is 11.9. The molecule has 3 heteroatoms. The van der Waals surface area contributed by atoms with Crippen molar-refractivity contribution in [1.29, 1.82) is 0 Å². The molecule has 2 fully saturated rings. The Bertz CT molecular complexity index is 355. The molecule has 1 heterocycles. The Hall–Kier alpha value is -0.570. The van der Waals surface area contributed by atoms with E-state index in [0.29, 0.717) is 17.7 Å². The molecule has 1 saturated heterocycles.